The molecule has 0 aliphatic carbocycles. The first kappa shape index (κ1) is 12.9. The Morgan fingerprint density at radius 2 is 2.05 bits per heavy atom. The van der Waals surface area contributed by atoms with Crippen molar-refractivity contribution >= 4 is 17.7 Å². The van der Waals surface area contributed by atoms with Crippen molar-refractivity contribution in [3.05, 3.63) is 36.0 Å². The second-order valence-electron chi connectivity index (χ2n) is 3.81. The van der Waals surface area contributed by atoms with E-state index in [1.165, 1.54) is 6.08 Å². The zero-order chi connectivity index (χ0) is 13.7. The highest BCUT2D eigenvalue weighted by molar-refractivity contribution is 5.92. The quantitative estimate of drug-likeness (QED) is 0.809. The van der Waals surface area contributed by atoms with Crippen LogP contribution in [0.5, 0.6) is 5.75 Å². The number of nitrogens with one attached hydrogen (secondary N) is 2. The van der Waals surface area contributed by atoms with Crippen molar-refractivity contribution < 1.29 is 19.1 Å². The third kappa shape index (κ3) is 3.74. The van der Waals surface area contributed by atoms with Crippen LogP contribution < -0.4 is 15.4 Å². The Kier molecular flexibility index (Phi) is 4.02. The molecule has 1 aliphatic rings. The fraction of sp³-hybridized carbons (Fsp3) is 0.231. The number of rotatable bonds is 4. The van der Waals surface area contributed by atoms with Gasteiger partial charge >= 0.3 is 12.0 Å². The van der Waals surface area contributed by atoms with Crippen molar-refractivity contribution in [2.75, 3.05) is 18.5 Å². The van der Waals surface area contributed by atoms with Crippen LogP contribution in [-0.2, 0) is 9.53 Å². The molecule has 0 fully saturated rings. The lowest BCUT2D eigenvalue weighted by Gasteiger charge is -2.08. The van der Waals surface area contributed by atoms with Gasteiger partial charge in [0, 0.05) is 11.8 Å². The average molecular weight is 262 g/mol. The van der Waals surface area contributed by atoms with E-state index in [9.17, 15) is 9.59 Å². The van der Waals surface area contributed by atoms with E-state index in [-0.39, 0.29) is 6.61 Å². The van der Waals surface area contributed by atoms with E-state index in [1.54, 1.807) is 24.3 Å². The number of amides is 2. The average Bonchev–Trinajstić information content (AvgIpc) is 2.77. The van der Waals surface area contributed by atoms with Gasteiger partial charge in [-0.25, -0.2) is 9.59 Å². The van der Waals surface area contributed by atoms with E-state index in [1.807, 2.05) is 6.92 Å². The van der Waals surface area contributed by atoms with Crippen LogP contribution in [0.3, 0.4) is 0 Å². The lowest BCUT2D eigenvalue weighted by molar-refractivity contribution is -0.134. The standard InChI is InChI=1S/C13H14N2O4/c1-2-18-11-5-3-9(4-6-11)14-13(17)15-10-7-12(16)19-8-10/h3-7H,2,8H2,1H3,(H2,14,15,17). The van der Waals surface area contributed by atoms with Crippen molar-refractivity contribution in [2.24, 2.45) is 0 Å². The van der Waals surface area contributed by atoms with E-state index < -0.39 is 12.0 Å². The first-order valence-electron chi connectivity index (χ1n) is 5.85. The predicted octanol–water partition coefficient (Wildman–Crippen LogP) is 1.65. The van der Waals surface area contributed by atoms with Crippen molar-refractivity contribution in [1.82, 2.24) is 5.32 Å². The van der Waals surface area contributed by atoms with Gasteiger partial charge < -0.3 is 20.1 Å². The molecule has 0 aromatic heterocycles. The van der Waals surface area contributed by atoms with Crippen LogP contribution >= 0.6 is 0 Å². The van der Waals surface area contributed by atoms with Crippen LogP contribution in [0.4, 0.5) is 10.5 Å². The Balaban J connectivity index is 1.88. The maximum atomic E-state index is 11.6. The summed E-state index contributed by atoms with van der Waals surface area (Å²) in [5.41, 5.74) is 1.07. The summed E-state index contributed by atoms with van der Waals surface area (Å²) in [6, 6.07) is 6.57. The Bertz CT molecular complexity index is 508. The van der Waals surface area contributed by atoms with Crippen LogP contribution in [0, 0.1) is 0 Å². The summed E-state index contributed by atoms with van der Waals surface area (Å²) in [7, 11) is 0. The normalized spacial score (nSPS) is 13.5. The van der Waals surface area contributed by atoms with Crippen molar-refractivity contribution in [3.8, 4) is 5.75 Å². The molecular formula is C13H14N2O4. The van der Waals surface area contributed by atoms with Crippen LogP contribution in [0.1, 0.15) is 6.92 Å². The highest BCUT2D eigenvalue weighted by Crippen LogP contribution is 2.15. The number of cyclic esters (lactones) is 1. The molecule has 1 aromatic rings. The monoisotopic (exact) mass is 262 g/mol. The summed E-state index contributed by atoms with van der Waals surface area (Å²) in [4.78, 5) is 22.4. The molecule has 2 rings (SSSR count). The van der Waals surface area contributed by atoms with Crippen molar-refractivity contribution in [3.63, 3.8) is 0 Å². The number of carbonyl (C=O) groups is 2. The molecule has 100 valence electrons. The number of hydrogen-bond acceptors (Lipinski definition) is 4. The maximum Gasteiger partial charge on any atom is 0.333 e. The van der Waals surface area contributed by atoms with Gasteiger partial charge in [0.1, 0.15) is 12.4 Å². The van der Waals surface area contributed by atoms with Gasteiger partial charge in [0.2, 0.25) is 0 Å². The fourth-order valence-electron chi connectivity index (χ4n) is 1.56. The summed E-state index contributed by atoms with van der Waals surface area (Å²) < 4.78 is 9.96. The van der Waals surface area contributed by atoms with Gasteiger partial charge in [0.25, 0.3) is 0 Å². The molecule has 0 bridgehead atoms. The molecule has 6 heteroatoms. The maximum absolute atomic E-state index is 11.6. The Hall–Kier alpha value is -2.50. The van der Waals surface area contributed by atoms with Gasteiger partial charge in [0.15, 0.2) is 0 Å². The molecule has 2 amide bonds. The van der Waals surface area contributed by atoms with Crippen molar-refractivity contribution in [1.29, 1.82) is 0 Å². The fourth-order valence-corrected chi connectivity index (χ4v) is 1.56. The highest BCUT2D eigenvalue weighted by atomic mass is 16.5. The first-order chi connectivity index (χ1) is 9.17. The molecule has 0 spiro atoms. The number of anilines is 1. The topological polar surface area (TPSA) is 76.7 Å². The molecule has 0 unspecified atom stereocenters. The Labute approximate surface area is 110 Å². The third-order valence-electron chi connectivity index (χ3n) is 2.36. The van der Waals surface area contributed by atoms with Crippen LogP contribution in [-0.4, -0.2) is 25.2 Å². The van der Waals surface area contributed by atoms with Gasteiger partial charge in [-0.3, -0.25) is 0 Å². The van der Waals surface area contributed by atoms with E-state index in [0.717, 1.165) is 5.75 Å². The molecule has 0 radical (unpaired) electrons. The molecule has 2 N–H and O–H groups in total. The van der Waals surface area contributed by atoms with E-state index in [0.29, 0.717) is 18.0 Å². The summed E-state index contributed by atoms with van der Waals surface area (Å²) >= 11 is 0. The smallest absolute Gasteiger partial charge is 0.333 e. The number of esters is 1. The zero-order valence-electron chi connectivity index (χ0n) is 10.4. The molecule has 1 aromatic carbocycles. The summed E-state index contributed by atoms with van der Waals surface area (Å²) in [6.45, 7) is 2.59. The summed E-state index contributed by atoms with van der Waals surface area (Å²) in [5.74, 6) is 0.294. The number of carbonyl (C=O) groups excluding carboxylic acids is 2. The number of urea groups is 1. The second kappa shape index (κ2) is 5.90. The molecule has 0 atom stereocenters. The summed E-state index contributed by atoms with van der Waals surface area (Å²) in [5, 5.41) is 5.17. The van der Waals surface area contributed by atoms with Gasteiger partial charge in [0.05, 0.1) is 12.3 Å². The molecule has 19 heavy (non-hydrogen) atoms. The lowest BCUT2D eigenvalue weighted by Crippen LogP contribution is -2.28. The van der Waals surface area contributed by atoms with Crippen LogP contribution in [0.2, 0.25) is 0 Å². The highest BCUT2D eigenvalue weighted by Gasteiger charge is 2.14. The van der Waals surface area contributed by atoms with E-state index in [2.05, 4.69) is 15.4 Å². The Morgan fingerprint density at radius 3 is 2.63 bits per heavy atom. The van der Waals surface area contributed by atoms with Crippen LogP contribution in [0.15, 0.2) is 36.0 Å². The second-order valence-corrected chi connectivity index (χ2v) is 3.81. The minimum absolute atomic E-state index is 0.0928. The molecule has 1 aliphatic heterocycles. The first-order valence-corrected chi connectivity index (χ1v) is 5.85. The van der Waals surface area contributed by atoms with Crippen molar-refractivity contribution in [2.45, 2.75) is 6.92 Å². The SMILES string of the molecule is CCOc1ccc(NC(=O)NC2=CC(=O)OC2)cc1. The third-order valence-corrected chi connectivity index (χ3v) is 2.36. The minimum atomic E-state index is -0.448. The lowest BCUT2D eigenvalue weighted by atomic mass is 10.3. The largest absolute Gasteiger partial charge is 0.494 e. The molecule has 0 saturated carbocycles. The van der Waals surface area contributed by atoms with Gasteiger partial charge in [-0.15, -0.1) is 0 Å². The Morgan fingerprint density at radius 1 is 1.32 bits per heavy atom. The molecule has 0 saturated heterocycles. The minimum Gasteiger partial charge on any atom is -0.494 e. The number of benzene rings is 1. The van der Waals surface area contributed by atoms with Gasteiger partial charge in [-0.05, 0) is 31.2 Å². The number of ether oxygens (including phenoxy) is 2. The number of hydrogen-bond donors (Lipinski definition) is 2. The van der Waals surface area contributed by atoms with Gasteiger partial charge in [-0.1, -0.05) is 0 Å². The summed E-state index contributed by atoms with van der Waals surface area (Å²) in [6.07, 6.45) is 1.25. The van der Waals surface area contributed by atoms with E-state index in [4.69, 9.17) is 4.74 Å². The van der Waals surface area contributed by atoms with Gasteiger partial charge in [-0.2, -0.15) is 0 Å². The molecule has 6 nitrogen and oxygen atoms in total. The molecular weight excluding hydrogens is 248 g/mol. The zero-order valence-corrected chi connectivity index (χ0v) is 10.4. The molecule has 1 heterocycles. The van der Waals surface area contributed by atoms with E-state index >= 15 is 0 Å². The van der Waals surface area contributed by atoms with Crippen LogP contribution in [0.25, 0.3) is 0 Å². The predicted molar refractivity (Wildman–Crippen MR) is 68.8 cm³/mol.